The molecular formula is C11H5Cl2F2N3O. The largest absolute Gasteiger partial charge is 0.306 e. The van der Waals surface area contributed by atoms with E-state index < -0.39 is 23.1 Å². The summed E-state index contributed by atoms with van der Waals surface area (Å²) in [7, 11) is 0. The van der Waals surface area contributed by atoms with Crippen molar-refractivity contribution in [2.45, 2.75) is 0 Å². The molecule has 8 heteroatoms. The molecule has 1 amide bonds. The predicted molar refractivity (Wildman–Crippen MR) is 66.4 cm³/mol. The SMILES string of the molecule is O=C(Nc1cc(Cl)nc(Cl)n1)c1cc(F)ccc1F. The lowest BCUT2D eigenvalue weighted by Gasteiger charge is -2.06. The minimum Gasteiger partial charge on any atom is -0.306 e. The van der Waals surface area contributed by atoms with E-state index in [-0.39, 0.29) is 16.3 Å². The number of nitrogens with zero attached hydrogens (tertiary/aromatic N) is 2. The van der Waals surface area contributed by atoms with Crippen molar-refractivity contribution in [1.29, 1.82) is 0 Å². The summed E-state index contributed by atoms with van der Waals surface area (Å²) >= 11 is 11.2. The first-order valence-electron chi connectivity index (χ1n) is 4.92. The second-order valence-corrected chi connectivity index (χ2v) is 4.15. The molecule has 1 aromatic heterocycles. The molecule has 0 fully saturated rings. The smallest absolute Gasteiger partial charge is 0.259 e. The fourth-order valence-electron chi connectivity index (χ4n) is 1.31. The van der Waals surface area contributed by atoms with Crippen LogP contribution in [0.25, 0.3) is 0 Å². The molecule has 98 valence electrons. The van der Waals surface area contributed by atoms with E-state index in [1.165, 1.54) is 6.07 Å². The quantitative estimate of drug-likeness (QED) is 0.684. The minimum atomic E-state index is -0.872. The van der Waals surface area contributed by atoms with Crippen LogP contribution in [0.3, 0.4) is 0 Å². The van der Waals surface area contributed by atoms with Crippen molar-refractivity contribution in [3.8, 4) is 0 Å². The van der Waals surface area contributed by atoms with Gasteiger partial charge in [-0.1, -0.05) is 11.6 Å². The summed E-state index contributed by atoms with van der Waals surface area (Å²) in [5.74, 6) is -2.48. The molecule has 0 aliphatic rings. The molecule has 0 aliphatic heterocycles. The molecule has 4 nitrogen and oxygen atoms in total. The van der Waals surface area contributed by atoms with E-state index in [9.17, 15) is 13.6 Å². The molecule has 0 unspecified atom stereocenters. The number of carbonyl (C=O) groups excluding carboxylic acids is 1. The van der Waals surface area contributed by atoms with Crippen LogP contribution in [0.5, 0.6) is 0 Å². The van der Waals surface area contributed by atoms with Crippen LogP contribution in [0.1, 0.15) is 10.4 Å². The van der Waals surface area contributed by atoms with Crippen LogP contribution in [-0.2, 0) is 0 Å². The van der Waals surface area contributed by atoms with Crippen LogP contribution in [0.15, 0.2) is 24.3 Å². The molecule has 2 aromatic rings. The van der Waals surface area contributed by atoms with Crippen LogP contribution >= 0.6 is 23.2 Å². The maximum atomic E-state index is 13.4. The molecule has 1 aromatic carbocycles. The molecule has 0 saturated carbocycles. The van der Waals surface area contributed by atoms with E-state index >= 15 is 0 Å². The third kappa shape index (κ3) is 3.36. The Morgan fingerprint density at radius 1 is 1.16 bits per heavy atom. The third-order valence-electron chi connectivity index (χ3n) is 2.08. The van der Waals surface area contributed by atoms with Gasteiger partial charge in [-0.25, -0.2) is 18.7 Å². The number of carbonyl (C=O) groups is 1. The summed E-state index contributed by atoms with van der Waals surface area (Å²) in [6.45, 7) is 0. The van der Waals surface area contributed by atoms with Gasteiger partial charge in [0.2, 0.25) is 5.28 Å². The summed E-state index contributed by atoms with van der Waals surface area (Å²) in [5, 5.41) is 2.07. The average molecular weight is 304 g/mol. The summed E-state index contributed by atoms with van der Waals surface area (Å²) in [4.78, 5) is 19.0. The molecule has 2 rings (SSSR count). The molecule has 1 heterocycles. The van der Waals surface area contributed by atoms with Crippen molar-refractivity contribution in [2.75, 3.05) is 5.32 Å². The van der Waals surface area contributed by atoms with Crippen LogP contribution < -0.4 is 5.32 Å². The number of rotatable bonds is 2. The van der Waals surface area contributed by atoms with E-state index in [0.717, 1.165) is 18.2 Å². The highest BCUT2D eigenvalue weighted by Crippen LogP contribution is 2.16. The van der Waals surface area contributed by atoms with Gasteiger partial charge in [0.1, 0.15) is 22.6 Å². The minimum absolute atomic E-state index is 0.00927. The topological polar surface area (TPSA) is 54.9 Å². The van der Waals surface area contributed by atoms with Gasteiger partial charge in [0.25, 0.3) is 5.91 Å². The zero-order valence-corrected chi connectivity index (χ0v) is 10.6. The Labute approximate surface area is 116 Å². The Bertz CT molecular complexity index is 632. The highest BCUT2D eigenvalue weighted by molar-refractivity contribution is 6.32. The Kier molecular flexibility index (Phi) is 3.92. The lowest BCUT2D eigenvalue weighted by atomic mass is 10.2. The molecule has 1 N–H and O–H groups in total. The molecule has 19 heavy (non-hydrogen) atoms. The van der Waals surface area contributed by atoms with Crippen LogP contribution in [0.2, 0.25) is 10.4 Å². The highest BCUT2D eigenvalue weighted by atomic mass is 35.5. The standard InChI is InChI=1S/C11H5Cl2F2N3O/c12-8-4-9(18-11(13)16-8)17-10(19)6-3-5(14)1-2-7(6)15/h1-4H,(H,16,17,18,19). The Balaban J connectivity index is 2.28. The van der Waals surface area contributed by atoms with Crippen molar-refractivity contribution >= 4 is 34.9 Å². The van der Waals surface area contributed by atoms with Crippen LogP contribution in [0.4, 0.5) is 14.6 Å². The predicted octanol–water partition coefficient (Wildman–Crippen LogP) is 3.31. The summed E-state index contributed by atoms with van der Waals surface area (Å²) in [6.07, 6.45) is 0. The lowest BCUT2D eigenvalue weighted by Crippen LogP contribution is -2.15. The zero-order valence-electron chi connectivity index (χ0n) is 9.12. The van der Waals surface area contributed by atoms with E-state index in [2.05, 4.69) is 15.3 Å². The van der Waals surface area contributed by atoms with Crippen molar-refractivity contribution in [1.82, 2.24) is 9.97 Å². The number of hydrogen-bond acceptors (Lipinski definition) is 3. The van der Waals surface area contributed by atoms with E-state index in [1.807, 2.05) is 0 Å². The first kappa shape index (κ1) is 13.6. The van der Waals surface area contributed by atoms with Gasteiger partial charge in [-0.2, -0.15) is 0 Å². The normalized spacial score (nSPS) is 10.3. The zero-order chi connectivity index (χ0) is 14.0. The number of amides is 1. The van der Waals surface area contributed by atoms with Crippen molar-refractivity contribution in [3.63, 3.8) is 0 Å². The number of halogens is 4. The van der Waals surface area contributed by atoms with Crippen molar-refractivity contribution in [3.05, 3.63) is 51.9 Å². The third-order valence-corrected chi connectivity index (χ3v) is 2.44. The molecule has 0 atom stereocenters. The number of nitrogens with one attached hydrogen (secondary N) is 1. The fourth-order valence-corrected chi connectivity index (χ4v) is 1.72. The highest BCUT2D eigenvalue weighted by Gasteiger charge is 2.14. The molecule has 0 spiro atoms. The first-order chi connectivity index (χ1) is 8.95. The van der Waals surface area contributed by atoms with E-state index in [4.69, 9.17) is 23.2 Å². The van der Waals surface area contributed by atoms with Gasteiger partial charge in [0, 0.05) is 6.07 Å². The van der Waals surface area contributed by atoms with Crippen molar-refractivity contribution in [2.24, 2.45) is 0 Å². The second-order valence-electron chi connectivity index (χ2n) is 3.42. The maximum absolute atomic E-state index is 13.4. The molecule has 0 bridgehead atoms. The second kappa shape index (κ2) is 5.46. The van der Waals surface area contributed by atoms with Gasteiger partial charge < -0.3 is 5.32 Å². The summed E-state index contributed by atoms with van der Waals surface area (Å²) < 4.78 is 26.3. The summed E-state index contributed by atoms with van der Waals surface area (Å²) in [5.41, 5.74) is -0.453. The number of anilines is 1. The Morgan fingerprint density at radius 2 is 1.89 bits per heavy atom. The van der Waals surface area contributed by atoms with Gasteiger partial charge in [-0.3, -0.25) is 4.79 Å². The maximum Gasteiger partial charge on any atom is 0.259 e. The Hall–Kier alpha value is -1.79. The van der Waals surface area contributed by atoms with Gasteiger partial charge >= 0.3 is 0 Å². The number of hydrogen-bond donors (Lipinski definition) is 1. The molecular weight excluding hydrogens is 299 g/mol. The van der Waals surface area contributed by atoms with Gasteiger partial charge in [-0.05, 0) is 29.8 Å². The van der Waals surface area contributed by atoms with Gasteiger partial charge in [-0.15, -0.1) is 0 Å². The average Bonchev–Trinajstić information content (AvgIpc) is 2.30. The fraction of sp³-hybridized carbons (Fsp3) is 0. The van der Waals surface area contributed by atoms with E-state index in [0.29, 0.717) is 0 Å². The van der Waals surface area contributed by atoms with Crippen molar-refractivity contribution < 1.29 is 13.6 Å². The van der Waals surface area contributed by atoms with Crippen LogP contribution in [0, 0.1) is 11.6 Å². The number of benzene rings is 1. The summed E-state index contributed by atoms with van der Waals surface area (Å²) in [6, 6.07) is 3.76. The Morgan fingerprint density at radius 3 is 2.58 bits per heavy atom. The molecule has 0 aliphatic carbocycles. The lowest BCUT2D eigenvalue weighted by molar-refractivity contribution is 0.102. The molecule has 0 radical (unpaired) electrons. The van der Waals surface area contributed by atoms with Crippen LogP contribution in [-0.4, -0.2) is 15.9 Å². The molecule has 0 saturated heterocycles. The van der Waals surface area contributed by atoms with Gasteiger partial charge in [0.05, 0.1) is 5.56 Å². The first-order valence-corrected chi connectivity index (χ1v) is 5.68. The van der Waals surface area contributed by atoms with Gasteiger partial charge in [0.15, 0.2) is 0 Å². The van der Waals surface area contributed by atoms with E-state index in [1.54, 1.807) is 0 Å². The monoisotopic (exact) mass is 303 g/mol. The number of aromatic nitrogens is 2.